The SMILES string of the molecule is O=C1C(=O)N(Cc2sccc2Br)c2cc(Cl)ccc21. The Labute approximate surface area is 126 Å². The number of anilines is 1. The van der Waals surface area contributed by atoms with E-state index in [0.717, 1.165) is 9.35 Å². The van der Waals surface area contributed by atoms with E-state index in [2.05, 4.69) is 15.9 Å². The first-order valence-electron chi connectivity index (χ1n) is 5.45. The number of ketones is 1. The molecule has 3 nitrogen and oxygen atoms in total. The van der Waals surface area contributed by atoms with Crippen molar-refractivity contribution in [3.8, 4) is 0 Å². The number of benzene rings is 1. The van der Waals surface area contributed by atoms with E-state index in [4.69, 9.17) is 11.6 Å². The quantitative estimate of drug-likeness (QED) is 0.766. The smallest absolute Gasteiger partial charge is 0.299 e. The van der Waals surface area contributed by atoms with Gasteiger partial charge in [0.25, 0.3) is 11.7 Å². The maximum atomic E-state index is 12.0. The average molecular weight is 357 g/mol. The maximum absolute atomic E-state index is 12.0. The summed E-state index contributed by atoms with van der Waals surface area (Å²) in [5, 5.41) is 2.44. The molecule has 19 heavy (non-hydrogen) atoms. The van der Waals surface area contributed by atoms with Gasteiger partial charge in [0.05, 0.1) is 17.8 Å². The van der Waals surface area contributed by atoms with Crippen molar-refractivity contribution in [2.45, 2.75) is 6.54 Å². The Morgan fingerprint density at radius 2 is 2.05 bits per heavy atom. The summed E-state index contributed by atoms with van der Waals surface area (Å²) in [6.45, 7) is 0.371. The molecule has 0 fully saturated rings. The molecule has 1 aliphatic rings. The molecular weight excluding hydrogens is 350 g/mol. The summed E-state index contributed by atoms with van der Waals surface area (Å²) in [6, 6.07) is 6.79. The van der Waals surface area contributed by atoms with Gasteiger partial charge in [-0.2, -0.15) is 0 Å². The minimum absolute atomic E-state index is 0.371. The van der Waals surface area contributed by atoms with Crippen LogP contribution < -0.4 is 4.90 Å². The van der Waals surface area contributed by atoms with Gasteiger partial charge in [-0.3, -0.25) is 14.5 Å². The predicted molar refractivity (Wildman–Crippen MR) is 79.0 cm³/mol. The molecule has 0 saturated heterocycles. The lowest BCUT2D eigenvalue weighted by molar-refractivity contribution is -0.114. The normalized spacial score (nSPS) is 14.1. The highest BCUT2D eigenvalue weighted by atomic mass is 79.9. The lowest BCUT2D eigenvalue weighted by atomic mass is 10.1. The van der Waals surface area contributed by atoms with Crippen molar-refractivity contribution in [1.82, 2.24) is 0 Å². The van der Waals surface area contributed by atoms with Gasteiger partial charge in [-0.05, 0) is 45.6 Å². The first-order valence-corrected chi connectivity index (χ1v) is 7.50. The van der Waals surface area contributed by atoms with Crippen LogP contribution in [0.5, 0.6) is 0 Å². The van der Waals surface area contributed by atoms with E-state index < -0.39 is 11.7 Å². The lowest BCUT2D eigenvalue weighted by Gasteiger charge is -2.15. The fourth-order valence-corrected chi connectivity index (χ4v) is 3.64. The topological polar surface area (TPSA) is 37.4 Å². The van der Waals surface area contributed by atoms with Crippen LogP contribution in [0.15, 0.2) is 34.1 Å². The first kappa shape index (κ1) is 12.8. The largest absolute Gasteiger partial charge is 0.299 e. The molecule has 1 amide bonds. The van der Waals surface area contributed by atoms with Crippen molar-refractivity contribution in [3.63, 3.8) is 0 Å². The average Bonchev–Trinajstić information content (AvgIpc) is 2.88. The second-order valence-corrected chi connectivity index (χ2v) is 6.37. The molecule has 6 heteroatoms. The Hall–Kier alpha value is -1.17. The van der Waals surface area contributed by atoms with E-state index in [9.17, 15) is 9.59 Å². The number of carbonyl (C=O) groups excluding carboxylic acids is 2. The summed E-state index contributed by atoms with van der Waals surface area (Å²) in [6.07, 6.45) is 0. The van der Waals surface area contributed by atoms with Crippen LogP contribution in [0, 0.1) is 0 Å². The number of thiophene rings is 1. The molecule has 0 spiro atoms. The van der Waals surface area contributed by atoms with E-state index in [-0.39, 0.29) is 0 Å². The molecule has 1 aromatic carbocycles. The fraction of sp³-hybridized carbons (Fsp3) is 0.0769. The fourth-order valence-electron chi connectivity index (χ4n) is 2.01. The van der Waals surface area contributed by atoms with E-state index >= 15 is 0 Å². The molecule has 0 unspecified atom stereocenters. The van der Waals surface area contributed by atoms with Crippen LogP contribution >= 0.6 is 38.9 Å². The van der Waals surface area contributed by atoms with Crippen molar-refractivity contribution in [3.05, 3.63) is 49.6 Å². The molecule has 0 aliphatic carbocycles. The van der Waals surface area contributed by atoms with E-state index in [1.165, 1.54) is 16.2 Å². The Balaban J connectivity index is 2.04. The monoisotopic (exact) mass is 355 g/mol. The summed E-state index contributed by atoms with van der Waals surface area (Å²) < 4.78 is 0.938. The molecule has 0 bridgehead atoms. The van der Waals surface area contributed by atoms with Crippen LogP contribution in [0.1, 0.15) is 15.2 Å². The number of carbonyl (C=O) groups is 2. The lowest BCUT2D eigenvalue weighted by Crippen LogP contribution is -2.28. The van der Waals surface area contributed by atoms with Gasteiger partial charge < -0.3 is 0 Å². The van der Waals surface area contributed by atoms with Crippen LogP contribution in [-0.2, 0) is 11.3 Å². The highest BCUT2D eigenvalue weighted by Crippen LogP contribution is 2.34. The number of fused-ring (bicyclic) bond motifs is 1. The minimum Gasteiger partial charge on any atom is -0.299 e. The van der Waals surface area contributed by atoms with Gasteiger partial charge in [-0.25, -0.2) is 0 Å². The second-order valence-electron chi connectivity index (χ2n) is 4.07. The molecular formula is C13H7BrClNO2S. The van der Waals surface area contributed by atoms with Crippen molar-refractivity contribution < 1.29 is 9.59 Å². The number of rotatable bonds is 2. The van der Waals surface area contributed by atoms with E-state index in [1.54, 1.807) is 18.2 Å². The van der Waals surface area contributed by atoms with Crippen molar-refractivity contribution >= 4 is 56.2 Å². The van der Waals surface area contributed by atoms with Crippen LogP contribution in [0.2, 0.25) is 5.02 Å². The highest BCUT2D eigenvalue weighted by molar-refractivity contribution is 9.10. The summed E-state index contributed by atoms with van der Waals surface area (Å²) >= 11 is 10.9. The van der Waals surface area contributed by atoms with Gasteiger partial charge in [0.15, 0.2) is 0 Å². The number of Topliss-reactive ketones (excluding diaryl/α,β-unsaturated/α-hetero) is 1. The molecule has 2 heterocycles. The Morgan fingerprint density at radius 1 is 1.26 bits per heavy atom. The van der Waals surface area contributed by atoms with E-state index in [1.807, 2.05) is 11.4 Å². The zero-order valence-corrected chi connectivity index (χ0v) is 12.7. The number of nitrogens with zero attached hydrogens (tertiary/aromatic N) is 1. The van der Waals surface area contributed by atoms with Crippen LogP contribution in [0.3, 0.4) is 0 Å². The van der Waals surface area contributed by atoms with Gasteiger partial charge in [0.2, 0.25) is 0 Å². The van der Waals surface area contributed by atoms with Gasteiger partial charge in [0, 0.05) is 14.4 Å². The predicted octanol–water partition coefficient (Wildman–Crippen LogP) is 3.89. The van der Waals surface area contributed by atoms with Crippen LogP contribution in [0.4, 0.5) is 5.69 Å². The molecule has 1 aromatic heterocycles. The number of hydrogen-bond donors (Lipinski definition) is 0. The van der Waals surface area contributed by atoms with Crippen LogP contribution in [0.25, 0.3) is 0 Å². The van der Waals surface area contributed by atoms with Gasteiger partial charge in [-0.1, -0.05) is 11.6 Å². The van der Waals surface area contributed by atoms with Crippen molar-refractivity contribution in [2.75, 3.05) is 4.90 Å². The Bertz CT molecular complexity index is 698. The van der Waals surface area contributed by atoms with E-state index in [0.29, 0.717) is 22.8 Å². The first-order chi connectivity index (χ1) is 9.08. The Kier molecular flexibility index (Phi) is 3.20. The standard InChI is InChI=1S/C13H7BrClNO2S/c14-9-3-4-19-11(9)6-16-10-5-7(15)1-2-8(10)12(17)13(16)18/h1-5H,6H2. The summed E-state index contributed by atoms with van der Waals surface area (Å²) in [5.74, 6) is -0.975. The molecule has 0 atom stereocenters. The van der Waals surface area contributed by atoms with Crippen LogP contribution in [-0.4, -0.2) is 11.7 Å². The Morgan fingerprint density at radius 3 is 2.74 bits per heavy atom. The summed E-state index contributed by atoms with van der Waals surface area (Å²) in [5.41, 5.74) is 1.00. The molecule has 0 saturated carbocycles. The molecule has 1 aliphatic heterocycles. The minimum atomic E-state index is -0.502. The van der Waals surface area contributed by atoms with Gasteiger partial charge in [0.1, 0.15) is 0 Å². The summed E-state index contributed by atoms with van der Waals surface area (Å²) in [4.78, 5) is 26.4. The number of amides is 1. The molecule has 0 N–H and O–H groups in total. The summed E-state index contributed by atoms with van der Waals surface area (Å²) in [7, 11) is 0. The molecule has 96 valence electrons. The zero-order chi connectivity index (χ0) is 13.6. The number of hydrogen-bond acceptors (Lipinski definition) is 3. The van der Waals surface area contributed by atoms with Crippen molar-refractivity contribution in [1.29, 1.82) is 0 Å². The third-order valence-electron chi connectivity index (χ3n) is 2.93. The zero-order valence-electron chi connectivity index (χ0n) is 9.52. The van der Waals surface area contributed by atoms with Gasteiger partial charge in [-0.15, -0.1) is 11.3 Å². The molecule has 2 aromatic rings. The third kappa shape index (κ3) is 2.12. The van der Waals surface area contributed by atoms with Crippen molar-refractivity contribution in [2.24, 2.45) is 0 Å². The number of halogens is 2. The molecule has 3 rings (SSSR count). The third-order valence-corrected chi connectivity index (χ3v) is 5.07. The highest BCUT2D eigenvalue weighted by Gasteiger charge is 2.36. The second kappa shape index (κ2) is 4.74. The van der Waals surface area contributed by atoms with Gasteiger partial charge >= 0.3 is 0 Å². The maximum Gasteiger partial charge on any atom is 0.299 e. The molecule has 0 radical (unpaired) electrons.